The van der Waals surface area contributed by atoms with Crippen LogP contribution in [0, 0.1) is 35.5 Å². The van der Waals surface area contributed by atoms with Crippen molar-refractivity contribution in [2.24, 2.45) is 35.5 Å². The lowest BCUT2D eigenvalue weighted by molar-refractivity contribution is -0.119. The molecule has 6 unspecified atom stereocenters. The van der Waals surface area contributed by atoms with E-state index in [2.05, 4.69) is 0 Å². The summed E-state index contributed by atoms with van der Waals surface area (Å²) < 4.78 is 0. The lowest BCUT2D eigenvalue weighted by Gasteiger charge is -2.53. The smallest absolute Gasteiger partial charge is 0.136 e. The van der Waals surface area contributed by atoms with Gasteiger partial charge >= 0.3 is 0 Å². The first kappa shape index (κ1) is 14.7. The van der Waals surface area contributed by atoms with Crippen molar-refractivity contribution in [3.63, 3.8) is 0 Å². The molecule has 4 saturated carbocycles. The molecule has 0 aliphatic heterocycles. The summed E-state index contributed by atoms with van der Waals surface area (Å²) in [4.78, 5) is 12.0. The Balaban J connectivity index is 1.44. The van der Waals surface area contributed by atoms with E-state index in [0.29, 0.717) is 5.78 Å². The number of allylic oxidation sites excluding steroid dienone is 2. The molecule has 0 aromatic heterocycles. The molecule has 0 radical (unpaired) electrons. The molecular weight excluding hydrogens is 280 g/mol. The number of carbonyl (C=O) groups excluding carboxylic acids is 1. The average Bonchev–Trinajstić information content (AvgIpc) is 2.60. The Morgan fingerprint density at radius 2 is 1.57 bits per heavy atom. The molecule has 0 aromatic rings. The van der Waals surface area contributed by atoms with Gasteiger partial charge in [0.1, 0.15) is 5.78 Å². The van der Waals surface area contributed by atoms with Gasteiger partial charge in [0.25, 0.3) is 0 Å². The largest absolute Gasteiger partial charge is 0.299 e. The zero-order chi connectivity index (χ0) is 15.4. The lowest BCUT2D eigenvalue weighted by atomic mass is 9.51. The van der Waals surface area contributed by atoms with Gasteiger partial charge < -0.3 is 0 Å². The molecule has 6 atom stereocenters. The molecule has 23 heavy (non-hydrogen) atoms. The van der Waals surface area contributed by atoms with Crippen LogP contribution in [0.1, 0.15) is 83.5 Å². The zero-order valence-corrected chi connectivity index (χ0v) is 14.6. The molecule has 0 N–H and O–H groups in total. The van der Waals surface area contributed by atoms with Gasteiger partial charge in [-0.15, -0.1) is 0 Å². The summed E-state index contributed by atoms with van der Waals surface area (Å²) in [5.74, 6) is 6.38. The van der Waals surface area contributed by atoms with Crippen LogP contribution in [-0.2, 0) is 4.79 Å². The Morgan fingerprint density at radius 1 is 0.652 bits per heavy atom. The summed E-state index contributed by atoms with van der Waals surface area (Å²) in [5.41, 5.74) is 3.46. The molecule has 0 amide bonds. The van der Waals surface area contributed by atoms with E-state index in [-0.39, 0.29) is 0 Å². The van der Waals surface area contributed by atoms with Crippen LogP contribution in [0.15, 0.2) is 11.1 Å². The molecule has 5 rings (SSSR count). The van der Waals surface area contributed by atoms with Gasteiger partial charge in [0.2, 0.25) is 0 Å². The predicted octanol–water partition coefficient (Wildman–Crippen LogP) is 5.69. The van der Waals surface area contributed by atoms with Crippen LogP contribution in [0.5, 0.6) is 0 Å². The number of ketones is 1. The van der Waals surface area contributed by atoms with Crippen LogP contribution < -0.4 is 0 Å². The van der Waals surface area contributed by atoms with Crippen LogP contribution in [0.2, 0.25) is 0 Å². The predicted molar refractivity (Wildman–Crippen MR) is 93.0 cm³/mol. The maximum atomic E-state index is 12.0. The number of carbonyl (C=O) groups is 1. The Labute approximate surface area is 141 Å². The van der Waals surface area contributed by atoms with Crippen molar-refractivity contribution in [3.8, 4) is 0 Å². The van der Waals surface area contributed by atoms with Crippen LogP contribution >= 0.6 is 0 Å². The van der Waals surface area contributed by atoms with Gasteiger partial charge in [0, 0.05) is 12.8 Å². The molecule has 126 valence electrons. The first-order valence-electron chi connectivity index (χ1n) is 10.5. The third-order valence-corrected chi connectivity index (χ3v) is 8.54. The number of rotatable bonds is 0. The fourth-order valence-electron chi connectivity index (χ4n) is 7.61. The van der Waals surface area contributed by atoms with Crippen LogP contribution in [0.4, 0.5) is 0 Å². The molecule has 0 aromatic carbocycles. The molecule has 0 bridgehead atoms. The minimum absolute atomic E-state index is 0.530. The summed E-state index contributed by atoms with van der Waals surface area (Å²) in [7, 11) is 0. The van der Waals surface area contributed by atoms with E-state index in [4.69, 9.17) is 0 Å². The first-order chi connectivity index (χ1) is 11.3. The molecule has 1 heteroatoms. The molecule has 0 saturated heterocycles. The molecule has 0 spiro atoms. The zero-order valence-electron chi connectivity index (χ0n) is 14.6. The summed E-state index contributed by atoms with van der Waals surface area (Å²) in [5, 5.41) is 0. The number of hydrogen-bond acceptors (Lipinski definition) is 1. The Bertz CT molecular complexity index is 530. The number of Topliss-reactive ketones (excluding diaryl/α,β-unsaturated/α-hetero) is 1. The average molecular weight is 312 g/mol. The van der Waals surface area contributed by atoms with Gasteiger partial charge in [0.15, 0.2) is 0 Å². The van der Waals surface area contributed by atoms with Gasteiger partial charge in [-0.05, 0) is 86.9 Å². The highest BCUT2D eigenvalue weighted by molar-refractivity contribution is 5.82. The van der Waals surface area contributed by atoms with E-state index in [1.54, 1.807) is 5.57 Å². The standard InChI is InChI=1S/C22H32O/c23-16-8-5-15-7-10-20-19-9-6-14-3-1-2-4-17(14)18(19)11-12-21(20)22(15)13-16/h14-15,17-20H,1-13H2. The summed E-state index contributed by atoms with van der Waals surface area (Å²) in [6.07, 6.45) is 17.6. The maximum Gasteiger partial charge on any atom is 0.136 e. The quantitative estimate of drug-likeness (QED) is 0.525. The summed E-state index contributed by atoms with van der Waals surface area (Å²) >= 11 is 0. The summed E-state index contributed by atoms with van der Waals surface area (Å²) in [6.45, 7) is 0. The van der Waals surface area contributed by atoms with Crippen LogP contribution in [0.3, 0.4) is 0 Å². The second kappa shape index (κ2) is 5.74. The maximum absolute atomic E-state index is 12.0. The molecule has 4 fully saturated rings. The van der Waals surface area contributed by atoms with Gasteiger partial charge in [-0.2, -0.15) is 0 Å². The van der Waals surface area contributed by atoms with Gasteiger partial charge in [-0.1, -0.05) is 30.4 Å². The van der Waals surface area contributed by atoms with Crippen molar-refractivity contribution < 1.29 is 4.79 Å². The Hall–Kier alpha value is -0.590. The van der Waals surface area contributed by atoms with Crippen molar-refractivity contribution in [2.45, 2.75) is 83.5 Å². The van der Waals surface area contributed by atoms with Crippen molar-refractivity contribution in [2.75, 3.05) is 0 Å². The van der Waals surface area contributed by atoms with E-state index < -0.39 is 0 Å². The first-order valence-corrected chi connectivity index (χ1v) is 10.5. The van der Waals surface area contributed by atoms with E-state index in [9.17, 15) is 4.79 Å². The molecule has 1 nitrogen and oxygen atoms in total. The van der Waals surface area contributed by atoms with E-state index in [1.807, 2.05) is 5.57 Å². The van der Waals surface area contributed by atoms with Gasteiger partial charge in [0.05, 0.1) is 0 Å². The highest BCUT2D eigenvalue weighted by atomic mass is 16.1. The number of hydrogen-bond donors (Lipinski definition) is 0. The number of fused-ring (bicyclic) bond motifs is 6. The fourth-order valence-corrected chi connectivity index (χ4v) is 7.61. The van der Waals surface area contributed by atoms with E-state index in [0.717, 1.165) is 48.3 Å². The third-order valence-electron chi connectivity index (χ3n) is 8.54. The van der Waals surface area contributed by atoms with Gasteiger partial charge in [-0.3, -0.25) is 4.79 Å². The van der Waals surface area contributed by atoms with E-state index >= 15 is 0 Å². The monoisotopic (exact) mass is 312 g/mol. The van der Waals surface area contributed by atoms with Crippen LogP contribution in [0.25, 0.3) is 0 Å². The van der Waals surface area contributed by atoms with Crippen molar-refractivity contribution in [3.05, 3.63) is 11.1 Å². The normalized spacial score (nSPS) is 46.5. The van der Waals surface area contributed by atoms with Crippen molar-refractivity contribution in [1.29, 1.82) is 0 Å². The van der Waals surface area contributed by atoms with Crippen molar-refractivity contribution in [1.82, 2.24) is 0 Å². The SMILES string of the molecule is O=C1CCC2CCC3C(=C2C1)CCC1C2CCCCC2CCC31. The van der Waals surface area contributed by atoms with Crippen LogP contribution in [-0.4, -0.2) is 5.78 Å². The molecule has 0 heterocycles. The second-order valence-corrected chi connectivity index (χ2v) is 9.34. The van der Waals surface area contributed by atoms with Gasteiger partial charge in [-0.25, -0.2) is 0 Å². The second-order valence-electron chi connectivity index (χ2n) is 9.34. The highest BCUT2D eigenvalue weighted by Gasteiger charge is 2.48. The topological polar surface area (TPSA) is 17.1 Å². The summed E-state index contributed by atoms with van der Waals surface area (Å²) in [6, 6.07) is 0. The lowest BCUT2D eigenvalue weighted by Crippen LogP contribution is -2.44. The third kappa shape index (κ3) is 2.36. The van der Waals surface area contributed by atoms with E-state index in [1.165, 1.54) is 70.6 Å². The minimum Gasteiger partial charge on any atom is -0.299 e. The highest BCUT2D eigenvalue weighted by Crippen LogP contribution is 2.58. The van der Waals surface area contributed by atoms with Crippen molar-refractivity contribution >= 4 is 5.78 Å². The molecule has 5 aliphatic rings. The Kier molecular flexibility index (Phi) is 3.68. The fraction of sp³-hybridized carbons (Fsp3) is 0.864. The molecular formula is C22H32O. The minimum atomic E-state index is 0.530. The Morgan fingerprint density at radius 3 is 2.52 bits per heavy atom. The molecule has 5 aliphatic carbocycles.